The van der Waals surface area contributed by atoms with Gasteiger partial charge in [0.15, 0.2) is 0 Å². The minimum absolute atomic E-state index is 0.0742. The summed E-state index contributed by atoms with van der Waals surface area (Å²) in [5.74, 6) is 0.979. The van der Waals surface area contributed by atoms with Crippen LogP contribution in [-0.4, -0.2) is 29.0 Å². The predicted molar refractivity (Wildman–Crippen MR) is 99.8 cm³/mol. The number of methoxy groups -OCH3 is 1. The molecule has 0 radical (unpaired) electrons. The average Bonchev–Trinajstić information content (AvgIpc) is 2.67. The molecule has 6 heteroatoms. The van der Waals surface area contributed by atoms with Crippen LogP contribution in [0.3, 0.4) is 0 Å². The normalized spacial score (nSPS) is 10.3. The average molecular weight is 351 g/mol. The Morgan fingerprint density at radius 2 is 1.88 bits per heavy atom. The third-order valence-corrected chi connectivity index (χ3v) is 4.33. The van der Waals surface area contributed by atoms with Gasteiger partial charge in [0.05, 0.1) is 18.6 Å². The maximum atomic E-state index is 12.0. The van der Waals surface area contributed by atoms with E-state index in [-0.39, 0.29) is 11.7 Å². The zero-order valence-electron chi connectivity index (χ0n) is 13.7. The zero-order valence-corrected chi connectivity index (χ0v) is 14.5. The number of amides is 1. The van der Waals surface area contributed by atoms with Gasteiger partial charge in [-0.25, -0.2) is 0 Å². The number of anilines is 1. The molecule has 0 saturated heterocycles. The van der Waals surface area contributed by atoms with Gasteiger partial charge in [0, 0.05) is 11.3 Å². The van der Waals surface area contributed by atoms with Gasteiger partial charge < -0.3 is 10.1 Å². The van der Waals surface area contributed by atoms with E-state index >= 15 is 0 Å². The quantitative estimate of drug-likeness (QED) is 0.683. The van der Waals surface area contributed by atoms with Crippen LogP contribution in [0.15, 0.2) is 71.8 Å². The highest BCUT2D eigenvalue weighted by atomic mass is 32.2. The number of hydrogen-bond donors (Lipinski definition) is 1. The molecule has 0 unspecified atom stereocenters. The van der Waals surface area contributed by atoms with Crippen LogP contribution in [0.4, 0.5) is 5.69 Å². The highest BCUT2D eigenvalue weighted by molar-refractivity contribution is 7.99. The van der Waals surface area contributed by atoms with E-state index < -0.39 is 0 Å². The monoisotopic (exact) mass is 351 g/mol. The summed E-state index contributed by atoms with van der Waals surface area (Å²) in [6.45, 7) is 0. The molecule has 25 heavy (non-hydrogen) atoms. The summed E-state index contributed by atoms with van der Waals surface area (Å²) in [6.07, 6.45) is 0. The molecular formula is C19H17N3O2S. The lowest BCUT2D eigenvalue weighted by atomic mass is 10.1. The van der Waals surface area contributed by atoms with Crippen molar-refractivity contribution in [2.75, 3.05) is 18.2 Å². The van der Waals surface area contributed by atoms with Gasteiger partial charge in [0.1, 0.15) is 10.8 Å². The lowest BCUT2D eigenvalue weighted by molar-refractivity contribution is -0.113. The Kier molecular flexibility index (Phi) is 5.64. The fourth-order valence-electron chi connectivity index (χ4n) is 2.19. The molecule has 0 aliphatic rings. The molecule has 2 aromatic carbocycles. The van der Waals surface area contributed by atoms with E-state index in [0.29, 0.717) is 5.03 Å². The van der Waals surface area contributed by atoms with Crippen LogP contribution in [0.5, 0.6) is 5.75 Å². The molecule has 1 N–H and O–H groups in total. The SMILES string of the molecule is COc1cccc(-c2ccc(SCC(=O)Nc3ccccc3)nn2)c1. The van der Waals surface area contributed by atoms with E-state index in [1.807, 2.05) is 66.7 Å². The predicted octanol–water partition coefficient (Wildman–Crippen LogP) is 3.88. The molecular weight excluding hydrogens is 334 g/mol. The number of carbonyl (C=O) groups excluding carboxylic acids is 1. The number of benzene rings is 2. The molecule has 0 saturated carbocycles. The summed E-state index contributed by atoms with van der Waals surface area (Å²) in [6, 6.07) is 20.8. The van der Waals surface area contributed by atoms with E-state index in [9.17, 15) is 4.79 Å². The van der Waals surface area contributed by atoms with E-state index in [1.54, 1.807) is 7.11 Å². The standard InChI is InChI=1S/C19H17N3O2S/c1-24-16-9-5-6-14(12-16)17-10-11-19(22-21-17)25-13-18(23)20-15-7-3-2-4-8-15/h2-12H,13H2,1H3,(H,20,23). The molecule has 1 heterocycles. The second kappa shape index (κ2) is 8.30. The van der Waals surface area contributed by atoms with Crippen LogP contribution in [0.1, 0.15) is 0 Å². The minimum atomic E-state index is -0.0742. The van der Waals surface area contributed by atoms with Crippen molar-refractivity contribution in [3.63, 3.8) is 0 Å². The molecule has 0 fully saturated rings. The largest absolute Gasteiger partial charge is 0.497 e. The van der Waals surface area contributed by atoms with Gasteiger partial charge in [-0.15, -0.1) is 10.2 Å². The molecule has 1 aromatic heterocycles. The van der Waals surface area contributed by atoms with Gasteiger partial charge in [-0.2, -0.15) is 0 Å². The summed E-state index contributed by atoms with van der Waals surface area (Å²) in [5, 5.41) is 12.0. The van der Waals surface area contributed by atoms with Gasteiger partial charge in [0.25, 0.3) is 0 Å². The van der Waals surface area contributed by atoms with E-state index in [4.69, 9.17) is 4.74 Å². The van der Waals surface area contributed by atoms with Gasteiger partial charge >= 0.3 is 0 Å². The Morgan fingerprint density at radius 3 is 2.60 bits per heavy atom. The Labute approximate surface area is 150 Å². The first-order valence-corrected chi connectivity index (χ1v) is 8.69. The molecule has 0 spiro atoms. The molecule has 0 bridgehead atoms. The zero-order chi connectivity index (χ0) is 17.5. The number of nitrogens with one attached hydrogen (secondary N) is 1. The summed E-state index contributed by atoms with van der Waals surface area (Å²) in [5.41, 5.74) is 2.48. The third kappa shape index (κ3) is 4.81. The fraction of sp³-hybridized carbons (Fsp3) is 0.105. The van der Waals surface area contributed by atoms with Crippen molar-refractivity contribution >= 4 is 23.4 Å². The molecule has 3 rings (SSSR count). The number of para-hydroxylation sites is 1. The van der Waals surface area contributed by atoms with E-state index in [2.05, 4.69) is 15.5 Å². The third-order valence-electron chi connectivity index (χ3n) is 3.41. The Morgan fingerprint density at radius 1 is 1.04 bits per heavy atom. The van der Waals surface area contributed by atoms with Gasteiger partial charge in [-0.3, -0.25) is 4.79 Å². The van der Waals surface area contributed by atoms with Crippen molar-refractivity contribution in [3.8, 4) is 17.0 Å². The van der Waals surface area contributed by atoms with Gasteiger partial charge in [0.2, 0.25) is 5.91 Å². The molecule has 5 nitrogen and oxygen atoms in total. The van der Waals surface area contributed by atoms with Gasteiger partial charge in [-0.1, -0.05) is 42.1 Å². The first-order valence-electron chi connectivity index (χ1n) is 7.70. The van der Waals surface area contributed by atoms with E-state index in [0.717, 1.165) is 22.7 Å². The number of aromatic nitrogens is 2. The van der Waals surface area contributed by atoms with Gasteiger partial charge in [-0.05, 0) is 36.4 Å². The van der Waals surface area contributed by atoms with Crippen LogP contribution < -0.4 is 10.1 Å². The van der Waals surface area contributed by atoms with Crippen molar-refractivity contribution in [2.24, 2.45) is 0 Å². The van der Waals surface area contributed by atoms with Crippen LogP contribution in [-0.2, 0) is 4.79 Å². The lowest BCUT2D eigenvalue weighted by Crippen LogP contribution is -2.13. The van der Waals surface area contributed by atoms with Crippen LogP contribution in [0, 0.1) is 0 Å². The van der Waals surface area contributed by atoms with Crippen LogP contribution >= 0.6 is 11.8 Å². The van der Waals surface area contributed by atoms with E-state index in [1.165, 1.54) is 11.8 Å². The fourth-order valence-corrected chi connectivity index (χ4v) is 2.81. The highest BCUT2D eigenvalue weighted by Gasteiger charge is 2.06. The molecule has 3 aromatic rings. The Hall–Kier alpha value is -2.86. The topological polar surface area (TPSA) is 64.1 Å². The second-order valence-electron chi connectivity index (χ2n) is 5.19. The van der Waals surface area contributed by atoms with Crippen molar-refractivity contribution in [3.05, 3.63) is 66.7 Å². The molecule has 1 amide bonds. The second-order valence-corrected chi connectivity index (χ2v) is 6.19. The maximum absolute atomic E-state index is 12.0. The Bertz CT molecular complexity index is 839. The first-order chi connectivity index (χ1) is 12.2. The van der Waals surface area contributed by atoms with Crippen LogP contribution in [0.25, 0.3) is 11.3 Å². The van der Waals surface area contributed by atoms with Crippen molar-refractivity contribution in [2.45, 2.75) is 5.03 Å². The molecule has 0 aliphatic heterocycles. The lowest BCUT2D eigenvalue weighted by Gasteiger charge is -2.05. The molecule has 0 aliphatic carbocycles. The number of thioether (sulfide) groups is 1. The summed E-state index contributed by atoms with van der Waals surface area (Å²) in [4.78, 5) is 12.0. The number of carbonyl (C=O) groups is 1. The summed E-state index contributed by atoms with van der Waals surface area (Å²) >= 11 is 1.35. The molecule has 0 atom stereocenters. The van der Waals surface area contributed by atoms with Crippen molar-refractivity contribution in [1.82, 2.24) is 10.2 Å². The summed E-state index contributed by atoms with van der Waals surface area (Å²) in [7, 11) is 1.63. The first kappa shape index (κ1) is 17.0. The Balaban J connectivity index is 1.58. The number of nitrogens with zero attached hydrogens (tertiary/aromatic N) is 2. The van der Waals surface area contributed by atoms with Crippen molar-refractivity contribution in [1.29, 1.82) is 0 Å². The summed E-state index contributed by atoms with van der Waals surface area (Å²) < 4.78 is 5.22. The number of ether oxygens (including phenoxy) is 1. The number of rotatable bonds is 6. The highest BCUT2D eigenvalue weighted by Crippen LogP contribution is 2.23. The smallest absolute Gasteiger partial charge is 0.234 e. The van der Waals surface area contributed by atoms with Crippen LogP contribution in [0.2, 0.25) is 0 Å². The molecule has 126 valence electrons. The maximum Gasteiger partial charge on any atom is 0.234 e. The van der Waals surface area contributed by atoms with Crippen molar-refractivity contribution < 1.29 is 9.53 Å². The minimum Gasteiger partial charge on any atom is -0.497 e. The number of hydrogen-bond acceptors (Lipinski definition) is 5.